The van der Waals surface area contributed by atoms with Gasteiger partial charge in [0, 0.05) is 11.5 Å². The second kappa shape index (κ2) is 5.16. The molecule has 0 fully saturated rings. The predicted octanol–water partition coefficient (Wildman–Crippen LogP) is 1.02. The smallest absolute Gasteiger partial charge is 0.323 e. The summed E-state index contributed by atoms with van der Waals surface area (Å²) >= 11 is 5.43. The number of hydrogen-bond donors (Lipinski definition) is 1. The van der Waals surface area contributed by atoms with Gasteiger partial charge in [-0.05, 0) is 6.92 Å². The summed E-state index contributed by atoms with van der Waals surface area (Å²) in [5.41, 5.74) is 5.38. The maximum Gasteiger partial charge on any atom is 0.323 e. The molecular weight excluding hydrogens is 166 g/mol. The third kappa shape index (κ3) is 4.81. The van der Waals surface area contributed by atoms with E-state index in [9.17, 15) is 4.79 Å². The maximum atomic E-state index is 10.8. The molecule has 0 radical (unpaired) electrons. The van der Waals surface area contributed by atoms with Gasteiger partial charge in [-0.3, -0.25) is 4.79 Å². The minimum absolute atomic E-state index is 0.264. The van der Waals surface area contributed by atoms with Crippen LogP contribution in [0.3, 0.4) is 0 Å². The Morgan fingerprint density at radius 1 is 1.82 bits per heavy atom. The molecule has 0 aromatic heterocycles. The van der Waals surface area contributed by atoms with Gasteiger partial charge in [0.25, 0.3) is 0 Å². The molecule has 0 unspecified atom stereocenters. The van der Waals surface area contributed by atoms with Crippen molar-refractivity contribution in [3.05, 3.63) is 11.6 Å². The molecule has 11 heavy (non-hydrogen) atoms. The van der Waals surface area contributed by atoms with E-state index in [1.54, 1.807) is 6.92 Å². The van der Waals surface area contributed by atoms with E-state index < -0.39 is 12.0 Å². The topological polar surface area (TPSA) is 52.3 Å². The number of halogens is 1. The van der Waals surface area contributed by atoms with Gasteiger partial charge < -0.3 is 10.5 Å². The van der Waals surface area contributed by atoms with E-state index in [0.29, 0.717) is 11.6 Å². The fraction of sp³-hybridized carbons (Fsp3) is 0.571. The summed E-state index contributed by atoms with van der Waals surface area (Å²) in [4.78, 5) is 10.8. The Morgan fingerprint density at radius 2 is 2.36 bits per heavy atom. The molecule has 1 atom stereocenters. The van der Waals surface area contributed by atoms with Crippen molar-refractivity contribution in [1.29, 1.82) is 0 Å². The van der Waals surface area contributed by atoms with Gasteiger partial charge in [-0.1, -0.05) is 18.2 Å². The van der Waals surface area contributed by atoms with E-state index in [1.807, 2.05) is 0 Å². The van der Waals surface area contributed by atoms with Crippen LogP contribution in [0.5, 0.6) is 0 Å². The number of nitrogens with two attached hydrogens (primary N) is 1. The monoisotopic (exact) mass is 177 g/mol. The van der Waals surface area contributed by atoms with Crippen LogP contribution < -0.4 is 5.73 Å². The molecule has 4 heteroatoms. The normalized spacial score (nSPS) is 12.3. The number of hydrogen-bond acceptors (Lipinski definition) is 3. The lowest BCUT2D eigenvalue weighted by Crippen LogP contribution is -2.32. The van der Waals surface area contributed by atoms with E-state index in [1.165, 1.54) is 0 Å². The molecule has 2 N–H and O–H groups in total. The van der Waals surface area contributed by atoms with Crippen molar-refractivity contribution in [3.63, 3.8) is 0 Å². The first-order chi connectivity index (χ1) is 5.07. The van der Waals surface area contributed by atoms with Crippen molar-refractivity contribution < 1.29 is 9.53 Å². The van der Waals surface area contributed by atoms with Crippen LogP contribution in [0.25, 0.3) is 0 Å². The number of carbonyl (C=O) groups excluding carboxylic acids is 1. The van der Waals surface area contributed by atoms with Crippen LogP contribution in [0, 0.1) is 0 Å². The molecule has 0 rings (SSSR count). The fourth-order valence-corrected chi connectivity index (χ4v) is 0.737. The zero-order chi connectivity index (χ0) is 8.85. The first kappa shape index (κ1) is 10.5. The summed E-state index contributed by atoms with van der Waals surface area (Å²) in [6.07, 6.45) is 0.264. The number of carbonyl (C=O) groups is 1. The fourth-order valence-electron chi connectivity index (χ4n) is 0.571. The largest absolute Gasteiger partial charge is 0.465 e. The summed E-state index contributed by atoms with van der Waals surface area (Å²) in [6, 6.07) is -0.681. The highest BCUT2D eigenvalue weighted by Crippen LogP contribution is 2.06. The molecule has 0 spiro atoms. The van der Waals surface area contributed by atoms with Gasteiger partial charge in [-0.15, -0.1) is 0 Å². The van der Waals surface area contributed by atoms with Gasteiger partial charge in [-0.2, -0.15) is 0 Å². The molecule has 64 valence electrons. The molecule has 0 saturated carbocycles. The average Bonchev–Trinajstić information content (AvgIpc) is 1.86. The number of ether oxygens (including phenoxy) is 1. The third-order valence-corrected chi connectivity index (χ3v) is 1.19. The number of esters is 1. The van der Waals surface area contributed by atoms with E-state index in [2.05, 4.69) is 11.3 Å². The van der Waals surface area contributed by atoms with E-state index in [-0.39, 0.29) is 6.42 Å². The Labute approximate surface area is 71.2 Å². The van der Waals surface area contributed by atoms with Gasteiger partial charge in [0.1, 0.15) is 6.04 Å². The Kier molecular flexibility index (Phi) is 4.90. The molecule has 0 saturated heterocycles. The van der Waals surface area contributed by atoms with Gasteiger partial charge in [0.15, 0.2) is 0 Å². The van der Waals surface area contributed by atoms with E-state index in [0.717, 1.165) is 0 Å². The second-order valence-electron chi connectivity index (χ2n) is 2.08. The molecular formula is C7H12ClNO2. The zero-order valence-corrected chi connectivity index (χ0v) is 7.23. The zero-order valence-electron chi connectivity index (χ0n) is 6.47. The lowest BCUT2D eigenvalue weighted by molar-refractivity contribution is -0.144. The van der Waals surface area contributed by atoms with Gasteiger partial charge in [0.05, 0.1) is 6.61 Å². The highest BCUT2D eigenvalue weighted by atomic mass is 35.5. The second-order valence-corrected chi connectivity index (χ2v) is 2.61. The summed E-state index contributed by atoms with van der Waals surface area (Å²) < 4.78 is 4.64. The Hall–Kier alpha value is -0.540. The molecule has 0 aromatic carbocycles. The van der Waals surface area contributed by atoms with Crippen LogP contribution in [0.15, 0.2) is 11.6 Å². The van der Waals surface area contributed by atoms with Crippen molar-refractivity contribution in [2.24, 2.45) is 5.73 Å². The predicted molar refractivity (Wildman–Crippen MR) is 44.2 cm³/mol. The SMILES string of the molecule is C=C(Cl)C[C@@H](N)C(=O)OCC. The molecule has 0 aromatic rings. The van der Waals surface area contributed by atoms with Crippen molar-refractivity contribution in [2.45, 2.75) is 19.4 Å². The lowest BCUT2D eigenvalue weighted by Gasteiger charge is -2.08. The molecule has 0 aliphatic rings. The van der Waals surface area contributed by atoms with Crippen LogP contribution in [0.4, 0.5) is 0 Å². The highest BCUT2D eigenvalue weighted by Gasteiger charge is 2.14. The van der Waals surface area contributed by atoms with Crippen molar-refractivity contribution in [2.75, 3.05) is 6.61 Å². The minimum Gasteiger partial charge on any atom is -0.465 e. The van der Waals surface area contributed by atoms with Gasteiger partial charge in [0.2, 0.25) is 0 Å². The molecule has 0 aliphatic heterocycles. The molecule has 0 bridgehead atoms. The maximum absolute atomic E-state index is 10.8. The Bertz CT molecular complexity index is 159. The molecule has 0 aliphatic carbocycles. The summed E-state index contributed by atoms with van der Waals surface area (Å²) in [5, 5.41) is 0.366. The molecule has 3 nitrogen and oxygen atoms in total. The van der Waals surface area contributed by atoms with Crippen molar-refractivity contribution >= 4 is 17.6 Å². The standard InChI is InChI=1S/C7H12ClNO2/c1-3-11-7(10)6(9)4-5(2)8/h6H,2-4,9H2,1H3/t6-/m1/s1. The van der Waals surface area contributed by atoms with Crippen LogP contribution in [-0.4, -0.2) is 18.6 Å². The van der Waals surface area contributed by atoms with Crippen LogP contribution >= 0.6 is 11.6 Å². The molecule has 0 heterocycles. The Balaban J connectivity index is 3.73. The summed E-state index contributed by atoms with van der Waals surface area (Å²) in [5.74, 6) is -0.436. The Morgan fingerprint density at radius 3 is 2.73 bits per heavy atom. The number of rotatable bonds is 4. The van der Waals surface area contributed by atoms with Crippen molar-refractivity contribution in [1.82, 2.24) is 0 Å². The van der Waals surface area contributed by atoms with Crippen molar-refractivity contribution in [3.8, 4) is 0 Å². The lowest BCUT2D eigenvalue weighted by atomic mass is 10.2. The first-order valence-electron chi connectivity index (χ1n) is 3.33. The van der Waals surface area contributed by atoms with Gasteiger partial charge in [-0.25, -0.2) is 0 Å². The van der Waals surface area contributed by atoms with E-state index >= 15 is 0 Å². The third-order valence-electron chi connectivity index (χ3n) is 1.03. The van der Waals surface area contributed by atoms with Crippen LogP contribution in [-0.2, 0) is 9.53 Å². The molecule has 0 amide bonds. The quantitative estimate of drug-likeness (QED) is 0.653. The minimum atomic E-state index is -0.681. The average molecular weight is 178 g/mol. The van der Waals surface area contributed by atoms with E-state index in [4.69, 9.17) is 17.3 Å². The highest BCUT2D eigenvalue weighted by molar-refractivity contribution is 6.29. The van der Waals surface area contributed by atoms with Gasteiger partial charge >= 0.3 is 5.97 Å². The summed E-state index contributed by atoms with van der Waals surface area (Å²) in [6.45, 7) is 5.47. The summed E-state index contributed by atoms with van der Waals surface area (Å²) in [7, 11) is 0. The van der Waals surface area contributed by atoms with Crippen LogP contribution in [0.1, 0.15) is 13.3 Å². The first-order valence-corrected chi connectivity index (χ1v) is 3.71. The van der Waals surface area contributed by atoms with Crippen LogP contribution in [0.2, 0.25) is 0 Å².